The van der Waals surface area contributed by atoms with Crippen LogP contribution in [0, 0.1) is 5.41 Å². The minimum Gasteiger partial charge on any atom is -0.378 e. The molecule has 2 heterocycles. The molecule has 1 amide bonds. The molecule has 0 saturated carbocycles. The van der Waals surface area contributed by atoms with E-state index in [9.17, 15) is 17.8 Å². The van der Waals surface area contributed by atoms with Gasteiger partial charge in [-0.25, -0.2) is 9.98 Å². The second-order valence-corrected chi connectivity index (χ2v) is 12.2. The Morgan fingerprint density at radius 3 is 2.29 bits per heavy atom. The zero-order valence-corrected chi connectivity index (χ0v) is 24.0. The fourth-order valence-corrected chi connectivity index (χ4v) is 4.68. The van der Waals surface area contributed by atoms with E-state index in [4.69, 9.17) is 15.1 Å². The molecule has 1 aliphatic heterocycles. The first-order valence-electron chi connectivity index (χ1n) is 12.7. The highest BCUT2D eigenvalue weighted by molar-refractivity contribution is 7.85. The third kappa shape index (κ3) is 5.93. The maximum absolute atomic E-state index is 12.6. The van der Waals surface area contributed by atoms with Gasteiger partial charge in [0, 0.05) is 42.0 Å². The average molecular weight is 572 g/mol. The van der Waals surface area contributed by atoms with Crippen LogP contribution in [0.2, 0.25) is 0 Å². The van der Waals surface area contributed by atoms with Crippen molar-refractivity contribution >= 4 is 44.5 Å². The minimum atomic E-state index is -4.42. The van der Waals surface area contributed by atoms with Crippen molar-refractivity contribution in [3.05, 3.63) is 84.2 Å². The molecule has 4 aromatic rings. The van der Waals surface area contributed by atoms with Gasteiger partial charge in [-0.15, -0.1) is 9.89 Å². The molecule has 1 aromatic heterocycles. The maximum atomic E-state index is 12.6. The molecule has 5 rings (SSSR count). The second kappa shape index (κ2) is 10.4. The van der Waals surface area contributed by atoms with Crippen LogP contribution in [0.5, 0.6) is 0 Å². The van der Waals surface area contributed by atoms with Crippen LogP contribution in [0.1, 0.15) is 37.0 Å². The molecule has 0 saturated heterocycles. The van der Waals surface area contributed by atoms with E-state index in [-0.39, 0.29) is 15.9 Å². The predicted molar refractivity (Wildman–Crippen MR) is 159 cm³/mol. The summed E-state index contributed by atoms with van der Waals surface area (Å²) in [6.45, 7) is 6.20. The average Bonchev–Trinajstić information content (AvgIpc) is 3.48. The third-order valence-electron chi connectivity index (χ3n) is 6.33. The van der Waals surface area contributed by atoms with E-state index in [0.29, 0.717) is 28.6 Å². The zero-order valence-electron chi connectivity index (χ0n) is 23.2. The molecular formula is C29H29N7O4S. The van der Waals surface area contributed by atoms with E-state index < -0.39 is 16.0 Å². The Kier molecular flexibility index (Phi) is 7.05. The van der Waals surface area contributed by atoms with Gasteiger partial charge in [-0.2, -0.15) is 13.5 Å². The third-order valence-corrected chi connectivity index (χ3v) is 7.18. The lowest BCUT2D eigenvalue weighted by atomic mass is 9.87. The van der Waals surface area contributed by atoms with Crippen LogP contribution in [0.25, 0.3) is 11.4 Å². The molecule has 3 aromatic carbocycles. The summed E-state index contributed by atoms with van der Waals surface area (Å²) in [6, 6.07) is 20.0. The minimum absolute atomic E-state index is 0.0899. The van der Waals surface area contributed by atoms with Crippen LogP contribution < -0.4 is 10.2 Å². The molecule has 41 heavy (non-hydrogen) atoms. The maximum Gasteiger partial charge on any atom is 0.294 e. The number of nitrogens with one attached hydrogen (secondary N) is 1. The lowest BCUT2D eigenvalue weighted by Gasteiger charge is -2.18. The van der Waals surface area contributed by atoms with Crippen molar-refractivity contribution in [3.8, 4) is 11.4 Å². The van der Waals surface area contributed by atoms with Crippen molar-refractivity contribution in [2.24, 2.45) is 15.5 Å². The SMILES string of the molecule is CN(C)c1ccc(/N=C2/C(C(C)(C)C)=Nn3nc(-c4ccc(NC(=O)c5cccc(S(=O)(=O)O)c5)cc4)nc32)cc1. The standard InChI is InChI=1S/C29H29N7O4S/c1-29(2,3)25-24(30-20-13-15-22(16-14-20)35(4)5)27-32-26(34-36(27)33-25)18-9-11-21(12-10-18)31-28(37)19-7-6-8-23(17-19)41(38,39)40/h6-17H,1-5H3,(H,31,37)(H,38,39,40)/b30-24-. The van der Waals surface area contributed by atoms with Crippen LogP contribution in [-0.4, -0.2) is 59.3 Å². The fraction of sp³-hybridized carbons (Fsp3) is 0.207. The normalized spacial score (nSPS) is 14.1. The Balaban J connectivity index is 1.40. The first-order valence-corrected chi connectivity index (χ1v) is 14.2. The molecule has 0 unspecified atom stereocenters. The van der Waals surface area contributed by atoms with E-state index in [1.165, 1.54) is 23.0 Å². The molecule has 0 atom stereocenters. The summed E-state index contributed by atoms with van der Waals surface area (Å²) >= 11 is 0. The molecule has 0 fully saturated rings. The molecular weight excluding hydrogens is 542 g/mol. The summed E-state index contributed by atoms with van der Waals surface area (Å²) in [6.07, 6.45) is 0. The summed E-state index contributed by atoms with van der Waals surface area (Å²) in [5.74, 6) is 0.467. The van der Waals surface area contributed by atoms with Crippen molar-refractivity contribution in [1.29, 1.82) is 0 Å². The van der Waals surface area contributed by atoms with Crippen molar-refractivity contribution in [2.75, 3.05) is 24.3 Å². The number of anilines is 2. The molecule has 0 bridgehead atoms. The molecule has 210 valence electrons. The van der Waals surface area contributed by atoms with Crippen molar-refractivity contribution < 1.29 is 17.8 Å². The first kappa shape index (κ1) is 27.9. The Bertz CT molecular complexity index is 1800. The van der Waals surface area contributed by atoms with E-state index >= 15 is 0 Å². The first-order chi connectivity index (χ1) is 19.3. The monoisotopic (exact) mass is 571 g/mol. The Morgan fingerprint density at radius 2 is 1.68 bits per heavy atom. The molecule has 12 heteroatoms. The van der Waals surface area contributed by atoms with Gasteiger partial charge in [-0.1, -0.05) is 26.8 Å². The van der Waals surface area contributed by atoms with Crippen LogP contribution in [-0.2, 0) is 10.1 Å². The number of rotatable bonds is 6. The van der Waals surface area contributed by atoms with Gasteiger partial charge in [-0.05, 0) is 66.7 Å². The number of benzene rings is 3. The van der Waals surface area contributed by atoms with Gasteiger partial charge in [0.25, 0.3) is 16.0 Å². The summed E-state index contributed by atoms with van der Waals surface area (Å²) in [4.78, 5) is 25.5. The molecule has 0 aliphatic carbocycles. The van der Waals surface area contributed by atoms with Gasteiger partial charge < -0.3 is 10.2 Å². The van der Waals surface area contributed by atoms with Gasteiger partial charge in [0.15, 0.2) is 5.82 Å². The number of nitrogens with zero attached hydrogens (tertiary/aromatic N) is 6. The van der Waals surface area contributed by atoms with E-state index in [0.717, 1.165) is 23.2 Å². The lowest BCUT2D eigenvalue weighted by molar-refractivity contribution is 0.102. The molecule has 0 spiro atoms. The number of aliphatic imine (C=N–C) groups is 1. The quantitative estimate of drug-likeness (QED) is 0.314. The van der Waals surface area contributed by atoms with Gasteiger partial charge in [0.2, 0.25) is 5.82 Å². The summed E-state index contributed by atoms with van der Waals surface area (Å²) < 4.78 is 32.0. The summed E-state index contributed by atoms with van der Waals surface area (Å²) in [5.41, 5.74) is 4.29. The highest BCUT2D eigenvalue weighted by Gasteiger charge is 2.34. The van der Waals surface area contributed by atoms with E-state index in [2.05, 4.69) is 31.2 Å². The molecule has 11 nitrogen and oxygen atoms in total. The Labute approximate surface area is 238 Å². The van der Waals surface area contributed by atoms with Crippen LogP contribution in [0.4, 0.5) is 17.1 Å². The highest BCUT2D eigenvalue weighted by Crippen LogP contribution is 2.29. The van der Waals surface area contributed by atoms with E-state index in [1.54, 1.807) is 24.3 Å². The number of hydrogen-bond acceptors (Lipinski definition) is 8. The smallest absolute Gasteiger partial charge is 0.294 e. The number of fused-ring (bicyclic) bond motifs is 1. The number of hydrogen-bond donors (Lipinski definition) is 2. The van der Waals surface area contributed by atoms with Crippen LogP contribution in [0.3, 0.4) is 0 Å². The van der Waals surface area contributed by atoms with E-state index in [1.807, 2.05) is 43.3 Å². The largest absolute Gasteiger partial charge is 0.378 e. The zero-order chi connectivity index (χ0) is 29.5. The Morgan fingerprint density at radius 1 is 1.00 bits per heavy atom. The van der Waals surface area contributed by atoms with Crippen LogP contribution in [0.15, 0.2) is 87.8 Å². The fourth-order valence-electron chi connectivity index (χ4n) is 4.16. The topological polar surface area (TPSA) is 142 Å². The Hall–Kier alpha value is -4.68. The second-order valence-electron chi connectivity index (χ2n) is 10.8. The van der Waals surface area contributed by atoms with Gasteiger partial charge in [0.05, 0.1) is 16.3 Å². The van der Waals surface area contributed by atoms with Crippen molar-refractivity contribution in [1.82, 2.24) is 14.9 Å². The predicted octanol–water partition coefficient (Wildman–Crippen LogP) is 4.89. The number of amides is 1. The van der Waals surface area contributed by atoms with Gasteiger partial charge in [-0.3, -0.25) is 9.35 Å². The molecule has 0 radical (unpaired) electrons. The number of carbonyl (C=O) groups excluding carboxylic acids is 1. The van der Waals surface area contributed by atoms with Gasteiger partial charge >= 0.3 is 0 Å². The summed E-state index contributed by atoms with van der Waals surface area (Å²) in [5, 5.41) is 12.0. The highest BCUT2D eigenvalue weighted by atomic mass is 32.2. The van der Waals surface area contributed by atoms with Crippen molar-refractivity contribution in [2.45, 2.75) is 25.7 Å². The molecule has 2 N–H and O–H groups in total. The van der Waals surface area contributed by atoms with Crippen LogP contribution >= 0.6 is 0 Å². The number of aromatic nitrogens is 3. The van der Waals surface area contributed by atoms with Gasteiger partial charge in [0.1, 0.15) is 5.71 Å². The lowest BCUT2D eigenvalue weighted by Crippen LogP contribution is -2.27. The summed E-state index contributed by atoms with van der Waals surface area (Å²) in [7, 11) is -0.452. The van der Waals surface area contributed by atoms with Crippen molar-refractivity contribution in [3.63, 3.8) is 0 Å². The molecule has 1 aliphatic rings. The number of carbonyl (C=O) groups is 1.